The Morgan fingerprint density at radius 3 is 2.56 bits per heavy atom. The van der Waals surface area contributed by atoms with Crippen molar-refractivity contribution in [3.8, 4) is 6.07 Å². The Bertz CT molecular complexity index is 670. The third-order valence-electron chi connectivity index (χ3n) is 4.17. The van der Waals surface area contributed by atoms with Gasteiger partial charge in [0.1, 0.15) is 12.6 Å². The van der Waals surface area contributed by atoms with Crippen molar-refractivity contribution < 1.29 is 22.4 Å². The van der Waals surface area contributed by atoms with Crippen LogP contribution in [0.15, 0.2) is 4.42 Å². The molecule has 1 amide bonds. The molecule has 1 saturated carbocycles. The van der Waals surface area contributed by atoms with E-state index in [4.69, 9.17) is 4.42 Å². The predicted molar refractivity (Wildman–Crippen MR) is 80.9 cm³/mol. The van der Waals surface area contributed by atoms with Crippen LogP contribution in [0.4, 0.5) is 19.1 Å². The number of anilines is 1. The van der Waals surface area contributed by atoms with Gasteiger partial charge in [0, 0.05) is 32.1 Å². The van der Waals surface area contributed by atoms with Crippen LogP contribution < -0.4 is 10.2 Å². The van der Waals surface area contributed by atoms with Gasteiger partial charge >= 0.3 is 6.18 Å². The second-order valence-electron chi connectivity index (χ2n) is 6.25. The van der Waals surface area contributed by atoms with Crippen molar-refractivity contribution in [2.45, 2.75) is 24.9 Å². The lowest BCUT2D eigenvalue weighted by Crippen LogP contribution is -2.50. The summed E-state index contributed by atoms with van der Waals surface area (Å²) in [7, 11) is 0. The molecule has 1 saturated heterocycles. The maximum Gasteiger partial charge on any atom is 0.405 e. The number of nitrogens with zero attached hydrogens (tertiary/aromatic N) is 4. The van der Waals surface area contributed by atoms with Crippen LogP contribution in [0.5, 0.6) is 0 Å². The number of hydrogen-bond acceptors (Lipinski definition) is 6. The van der Waals surface area contributed by atoms with Crippen LogP contribution in [0, 0.1) is 11.3 Å². The zero-order valence-corrected chi connectivity index (χ0v) is 13.5. The van der Waals surface area contributed by atoms with Gasteiger partial charge in [-0.2, -0.15) is 18.4 Å². The molecule has 0 unspecified atom stereocenters. The quantitative estimate of drug-likeness (QED) is 0.853. The van der Waals surface area contributed by atoms with Crippen LogP contribution in [0.25, 0.3) is 0 Å². The van der Waals surface area contributed by atoms with Crippen LogP contribution in [-0.2, 0) is 4.79 Å². The van der Waals surface area contributed by atoms with Crippen molar-refractivity contribution in [2.24, 2.45) is 0 Å². The summed E-state index contributed by atoms with van der Waals surface area (Å²) in [6.07, 6.45) is -2.37. The molecule has 10 heteroatoms. The molecule has 0 atom stereocenters. The van der Waals surface area contributed by atoms with Gasteiger partial charge < -0.3 is 14.6 Å². The van der Waals surface area contributed by atoms with Crippen molar-refractivity contribution in [3.05, 3.63) is 11.6 Å². The van der Waals surface area contributed by atoms with Crippen molar-refractivity contribution in [1.82, 2.24) is 15.2 Å². The minimum atomic E-state index is -4.41. The maximum atomic E-state index is 12.1. The molecule has 1 aliphatic heterocycles. The molecule has 0 bridgehead atoms. The van der Waals surface area contributed by atoms with Gasteiger partial charge in [0.15, 0.2) is 0 Å². The Morgan fingerprint density at radius 2 is 2.00 bits per heavy atom. The molecule has 7 nitrogen and oxygen atoms in total. The van der Waals surface area contributed by atoms with Gasteiger partial charge in [0.2, 0.25) is 23.4 Å². The minimum absolute atomic E-state index is 0.0846. The normalized spacial score (nSPS) is 18.9. The van der Waals surface area contributed by atoms with E-state index >= 15 is 0 Å². The monoisotopic (exact) mass is 357 g/mol. The van der Waals surface area contributed by atoms with E-state index in [-0.39, 0.29) is 12.2 Å². The Kier molecular flexibility index (Phi) is 4.85. The van der Waals surface area contributed by atoms with Gasteiger partial charge in [-0.15, -0.1) is 0 Å². The van der Waals surface area contributed by atoms with Crippen LogP contribution in [0.3, 0.4) is 0 Å². The van der Waals surface area contributed by atoms with E-state index in [1.807, 2.05) is 16.3 Å². The summed E-state index contributed by atoms with van der Waals surface area (Å²) in [5.41, 5.74) is 0.262. The summed E-state index contributed by atoms with van der Waals surface area (Å²) in [4.78, 5) is 19.4. The number of nitrogens with one attached hydrogen (secondary N) is 1. The molecule has 0 radical (unpaired) electrons. The number of piperazine rings is 1. The number of carbonyl (C=O) groups excluding carboxylic acids is 1. The van der Waals surface area contributed by atoms with Gasteiger partial charge in [0.05, 0.1) is 6.54 Å². The van der Waals surface area contributed by atoms with E-state index in [9.17, 15) is 23.2 Å². The average Bonchev–Trinajstić information content (AvgIpc) is 3.32. The lowest BCUT2D eigenvalue weighted by molar-refractivity contribution is -0.139. The van der Waals surface area contributed by atoms with Crippen molar-refractivity contribution in [3.63, 3.8) is 0 Å². The van der Waals surface area contributed by atoms with Crippen molar-refractivity contribution in [2.75, 3.05) is 44.2 Å². The third-order valence-corrected chi connectivity index (χ3v) is 4.17. The second-order valence-corrected chi connectivity index (χ2v) is 6.25. The number of aromatic nitrogens is 1. The molecule has 0 spiro atoms. The topological polar surface area (TPSA) is 85.4 Å². The Balaban J connectivity index is 1.50. The highest BCUT2D eigenvalue weighted by Crippen LogP contribution is 2.41. The number of rotatable bonds is 5. The molecule has 2 aliphatic rings. The van der Waals surface area contributed by atoms with Gasteiger partial charge in [-0.1, -0.05) is 0 Å². The minimum Gasteiger partial charge on any atom is -0.423 e. The largest absolute Gasteiger partial charge is 0.423 e. The number of halogens is 3. The van der Waals surface area contributed by atoms with Crippen molar-refractivity contribution in [1.29, 1.82) is 5.26 Å². The van der Waals surface area contributed by atoms with E-state index in [0.29, 0.717) is 43.9 Å². The van der Waals surface area contributed by atoms with Gasteiger partial charge in [0.25, 0.3) is 0 Å². The predicted octanol–water partition coefficient (Wildman–Crippen LogP) is 1.22. The Hall–Kier alpha value is -2.28. The highest BCUT2D eigenvalue weighted by atomic mass is 19.4. The smallest absolute Gasteiger partial charge is 0.405 e. The number of amides is 1. The van der Waals surface area contributed by atoms with Gasteiger partial charge in [-0.25, -0.2) is 4.98 Å². The lowest BCUT2D eigenvalue weighted by atomic mass is 10.3. The molecule has 1 N–H and O–H groups in total. The average molecular weight is 357 g/mol. The first-order valence-corrected chi connectivity index (χ1v) is 8.07. The first-order chi connectivity index (χ1) is 11.9. The number of alkyl halides is 3. The van der Waals surface area contributed by atoms with Crippen molar-refractivity contribution >= 4 is 11.8 Å². The molecular weight excluding hydrogens is 339 g/mol. The number of nitriles is 1. The Morgan fingerprint density at radius 1 is 1.32 bits per heavy atom. The summed E-state index contributed by atoms with van der Waals surface area (Å²) in [6, 6.07) is 2.04. The fourth-order valence-electron chi connectivity index (χ4n) is 2.69. The molecule has 1 aromatic heterocycles. The number of oxazole rings is 1. The zero-order chi connectivity index (χ0) is 18.0. The molecule has 136 valence electrons. The van der Waals surface area contributed by atoms with E-state index in [1.165, 1.54) is 0 Å². The first-order valence-electron chi connectivity index (χ1n) is 8.07. The third kappa shape index (κ3) is 4.63. The zero-order valence-electron chi connectivity index (χ0n) is 13.5. The van der Waals surface area contributed by atoms with Gasteiger partial charge in [-0.05, 0) is 12.8 Å². The van der Waals surface area contributed by atoms with Crippen LogP contribution >= 0.6 is 0 Å². The second kappa shape index (κ2) is 6.92. The summed E-state index contributed by atoms with van der Waals surface area (Å²) in [5, 5.41) is 11.1. The Labute approximate surface area is 142 Å². The van der Waals surface area contributed by atoms with Crippen LogP contribution in [0.1, 0.15) is 30.3 Å². The molecule has 1 aliphatic carbocycles. The molecule has 2 fully saturated rings. The summed E-state index contributed by atoms with van der Waals surface area (Å²) in [5.74, 6) is 0.699. The molecule has 3 rings (SSSR count). The number of hydrogen-bond donors (Lipinski definition) is 1. The maximum absolute atomic E-state index is 12.1. The number of carbonyl (C=O) groups is 1. The molecule has 0 aromatic carbocycles. The van der Waals surface area contributed by atoms with Crippen LogP contribution in [0.2, 0.25) is 0 Å². The SMILES string of the molecule is N#Cc1nc(C2CC2)oc1N1CCN(CC(=O)NCC(F)(F)F)CC1. The molecule has 1 aromatic rings. The molecular formula is C15H18F3N5O2. The fourth-order valence-corrected chi connectivity index (χ4v) is 2.69. The summed E-state index contributed by atoms with van der Waals surface area (Å²) >= 11 is 0. The lowest BCUT2D eigenvalue weighted by Gasteiger charge is -2.34. The highest BCUT2D eigenvalue weighted by molar-refractivity contribution is 5.78. The highest BCUT2D eigenvalue weighted by Gasteiger charge is 2.33. The van der Waals surface area contributed by atoms with E-state index < -0.39 is 18.6 Å². The standard InChI is InChI=1S/C15H18F3N5O2/c16-15(17,18)9-20-12(24)8-22-3-5-23(6-4-22)14-11(7-19)21-13(25-14)10-1-2-10/h10H,1-6,8-9H2,(H,20,24). The van der Waals surface area contributed by atoms with E-state index in [0.717, 1.165) is 12.8 Å². The van der Waals surface area contributed by atoms with Crippen LogP contribution in [-0.4, -0.2) is 61.2 Å². The fraction of sp³-hybridized carbons (Fsp3) is 0.667. The molecule has 2 heterocycles. The molecule has 25 heavy (non-hydrogen) atoms. The summed E-state index contributed by atoms with van der Waals surface area (Å²) in [6.45, 7) is 0.604. The van der Waals surface area contributed by atoms with Gasteiger partial charge in [-0.3, -0.25) is 9.69 Å². The van der Waals surface area contributed by atoms with E-state index in [2.05, 4.69) is 4.98 Å². The van der Waals surface area contributed by atoms with E-state index in [1.54, 1.807) is 4.90 Å². The summed E-state index contributed by atoms with van der Waals surface area (Å²) < 4.78 is 42.0. The first kappa shape index (κ1) is 17.5.